The fourth-order valence-corrected chi connectivity index (χ4v) is 3.38. The molecule has 1 N–H and O–H groups in total. The second-order valence-corrected chi connectivity index (χ2v) is 6.64. The number of nitrogens with zero attached hydrogens (tertiary/aromatic N) is 4. The Kier molecular flexibility index (Phi) is 5.50. The number of rotatable bonds is 5. The maximum atomic E-state index is 11.9. The first-order valence-electron chi connectivity index (χ1n) is 8.86. The molecular weight excluding hydrogens is 314 g/mol. The largest absolute Gasteiger partial charge is 0.355 e. The molecule has 6 nitrogen and oxygen atoms in total. The average Bonchev–Trinajstić information content (AvgIpc) is 3.10. The number of benzene rings is 1. The highest BCUT2D eigenvalue weighted by Gasteiger charge is 2.26. The van der Waals surface area contributed by atoms with Crippen LogP contribution in [0.1, 0.15) is 34.5 Å². The van der Waals surface area contributed by atoms with Gasteiger partial charge in [-0.2, -0.15) is 5.10 Å². The Morgan fingerprint density at radius 3 is 2.92 bits per heavy atom. The van der Waals surface area contributed by atoms with Crippen molar-refractivity contribution in [2.24, 2.45) is 0 Å². The molecule has 0 unspecified atom stereocenters. The van der Waals surface area contributed by atoms with Crippen molar-refractivity contribution in [1.29, 1.82) is 0 Å². The molecule has 1 aromatic heterocycles. The van der Waals surface area contributed by atoms with Gasteiger partial charge in [0.15, 0.2) is 0 Å². The lowest BCUT2D eigenvalue weighted by atomic mass is 10.00. The smallest absolute Gasteiger partial charge is 0.251 e. The van der Waals surface area contributed by atoms with E-state index in [2.05, 4.69) is 46.4 Å². The van der Waals surface area contributed by atoms with Crippen molar-refractivity contribution in [1.82, 2.24) is 24.9 Å². The summed E-state index contributed by atoms with van der Waals surface area (Å²) in [4.78, 5) is 16.8. The first-order valence-corrected chi connectivity index (χ1v) is 8.86. The zero-order valence-electron chi connectivity index (χ0n) is 15.3. The van der Waals surface area contributed by atoms with Gasteiger partial charge in [0, 0.05) is 63.1 Å². The van der Waals surface area contributed by atoms with Crippen molar-refractivity contribution >= 4 is 5.91 Å². The zero-order valence-corrected chi connectivity index (χ0v) is 15.3. The van der Waals surface area contributed by atoms with Crippen LogP contribution >= 0.6 is 0 Å². The van der Waals surface area contributed by atoms with Gasteiger partial charge in [-0.15, -0.1) is 0 Å². The normalized spacial score (nSPS) is 19.1. The number of likely N-dealkylation sites (N-methyl/N-ethyl adjacent to an activating group) is 1. The number of nitrogens with one attached hydrogen (secondary N) is 1. The molecular formula is C19H27N5O. The van der Waals surface area contributed by atoms with E-state index in [9.17, 15) is 4.79 Å². The monoisotopic (exact) mass is 341 g/mol. The Labute approximate surface area is 149 Å². The maximum absolute atomic E-state index is 11.9. The van der Waals surface area contributed by atoms with Crippen molar-refractivity contribution in [2.45, 2.75) is 26.1 Å². The highest BCUT2D eigenvalue weighted by Crippen LogP contribution is 2.25. The molecule has 0 aliphatic carbocycles. The van der Waals surface area contributed by atoms with Crippen LogP contribution in [0.25, 0.3) is 0 Å². The minimum atomic E-state index is -0.0378. The standard InChI is InChI=1S/C19H27N5O/c1-4-24-13-15(11-21-24)12-23-9-8-22(3)18(14-23)16-6-5-7-17(10-16)19(25)20-2/h5-7,10-11,13,18H,4,8-9,12,14H2,1-3H3,(H,20,25)/t18-/m0/s1. The van der Waals surface area contributed by atoms with Crippen LogP contribution in [0.4, 0.5) is 0 Å². The Hall–Kier alpha value is -2.18. The summed E-state index contributed by atoms with van der Waals surface area (Å²) in [6.45, 7) is 6.92. The second-order valence-electron chi connectivity index (χ2n) is 6.64. The minimum Gasteiger partial charge on any atom is -0.355 e. The van der Waals surface area contributed by atoms with Crippen LogP contribution in [0.2, 0.25) is 0 Å². The van der Waals surface area contributed by atoms with E-state index in [-0.39, 0.29) is 5.91 Å². The lowest BCUT2D eigenvalue weighted by Gasteiger charge is -2.39. The lowest BCUT2D eigenvalue weighted by Crippen LogP contribution is -2.46. The van der Waals surface area contributed by atoms with Gasteiger partial charge in [-0.25, -0.2) is 0 Å². The van der Waals surface area contributed by atoms with E-state index in [1.54, 1.807) is 7.05 Å². The third-order valence-electron chi connectivity index (χ3n) is 4.91. The molecule has 1 amide bonds. The fraction of sp³-hybridized carbons (Fsp3) is 0.474. The number of carbonyl (C=O) groups is 1. The van der Waals surface area contributed by atoms with Crippen LogP contribution in [-0.2, 0) is 13.1 Å². The molecule has 1 aromatic carbocycles. The van der Waals surface area contributed by atoms with Gasteiger partial charge >= 0.3 is 0 Å². The summed E-state index contributed by atoms with van der Waals surface area (Å²) in [5.74, 6) is -0.0378. The van der Waals surface area contributed by atoms with Crippen molar-refractivity contribution in [3.63, 3.8) is 0 Å². The van der Waals surface area contributed by atoms with Crippen LogP contribution < -0.4 is 5.32 Å². The Morgan fingerprint density at radius 2 is 2.20 bits per heavy atom. The predicted molar refractivity (Wildman–Crippen MR) is 98.4 cm³/mol. The van der Waals surface area contributed by atoms with Gasteiger partial charge in [-0.1, -0.05) is 12.1 Å². The molecule has 2 aromatic rings. The van der Waals surface area contributed by atoms with Crippen molar-refractivity contribution in [3.8, 4) is 0 Å². The van der Waals surface area contributed by atoms with E-state index in [4.69, 9.17) is 0 Å². The summed E-state index contributed by atoms with van der Waals surface area (Å²) in [5.41, 5.74) is 3.16. The summed E-state index contributed by atoms with van der Waals surface area (Å²) >= 11 is 0. The Morgan fingerprint density at radius 1 is 1.36 bits per heavy atom. The van der Waals surface area contributed by atoms with Crippen LogP contribution in [-0.4, -0.2) is 59.2 Å². The zero-order chi connectivity index (χ0) is 17.8. The Bertz CT molecular complexity index is 726. The third-order valence-corrected chi connectivity index (χ3v) is 4.91. The van der Waals surface area contributed by atoms with E-state index >= 15 is 0 Å². The van der Waals surface area contributed by atoms with Crippen molar-refractivity contribution in [3.05, 3.63) is 53.3 Å². The van der Waals surface area contributed by atoms with Gasteiger partial charge in [0.25, 0.3) is 5.91 Å². The molecule has 0 bridgehead atoms. The average molecular weight is 341 g/mol. The van der Waals surface area contributed by atoms with Gasteiger partial charge in [0.05, 0.1) is 6.20 Å². The molecule has 0 spiro atoms. The Balaban J connectivity index is 1.73. The SMILES string of the molecule is CCn1cc(CN2CCN(C)[C@H](c3cccc(C(=O)NC)c3)C2)cn1. The van der Waals surface area contributed by atoms with Gasteiger partial charge in [0.2, 0.25) is 0 Å². The van der Waals surface area contributed by atoms with Gasteiger partial charge in [-0.05, 0) is 31.7 Å². The topological polar surface area (TPSA) is 53.4 Å². The summed E-state index contributed by atoms with van der Waals surface area (Å²) in [6.07, 6.45) is 4.09. The molecule has 0 radical (unpaired) electrons. The molecule has 6 heteroatoms. The number of hydrogen-bond acceptors (Lipinski definition) is 4. The maximum Gasteiger partial charge on any atom is 0.251 e. The number of piperazine rings is 1. The van der Waals surface area contributed by atoms with E-state index in [1.807, 2.05) is 29.1 Å². The molecule has 1 saturated heterocycles. The van der Waals surface area contributed by atoms with E-state index in [0.29, 0.717) is 6.04 Å². The van der Waals surface area contributed by atoms with E-state index in [0.717, 1.165) is 38.3 Å². The number of aromatic nitrogens is 2. The highest BCUT2D eigenvalue weighted by atomic mass is 16.1. The molecule has 0 saturated carbocycles. The lowest BCUT2D eigenvalue weighted by molar-refractivity contribution is 0.0901. The van der Waals surface area contributed by atoms with Crippen LogP contribution in [0.5, 0.6) is 0 Å². The fourth-order valence-electron chi connectivity index (χ4n) is 3.38. The first kappa shape index (κ1) is 17.6. The van der Waals surface area contributed by atoms with Crippen LogP contribution in [0.15, 0.2) is 36.7 Å². The van der Waals surface area contributed by atoms with Gasteiger partial charge in [0.1, 0.15) is 0 Å². The predicted octanol–water partition coefficient (Wildman–Crippen LogP) is 1.75. The summed E-state index contributed by atoms with van der Waals surface area (Å²) in [6, 6.07) is 8.25. The number of amides is 1. The molecule has 2 heterocycles. The second kappa shape index (κ2) is 7.80. The minimum absolute atomic E-state index is 0.0378. The van der Waals surface area contributed by atoms with Crippen LogP contribution in [0.3, 0.4) is 0 Å². The molecule has 3 rings (SSSR count). The first-order chi connectivity index (χ1) is 12.1. The molecule has 25 heavy (non-hydrogen) atoms. The van der Waals surface area contributed by atoms with Gasteiger partial charge < -0.3 is 5.32 Å². The van der Waals surface area contributed by atoms with E-state index < -0.39 is 0 Å². The molecule has 1 atom stereocenters. The number of aryl methyl sites for hydroxylation is 1. The summed E-state index contributed by atoms with van der Waals surface area (Å²) < 4.78 is 1.97. The number of hydrogen-bond donors (Lipinski definition) is 1. The molecule has 1 aliphatic rings. The van der Waals surface area contributed by atoms with Crippen LogP contribution in [0, 0.1) is 0 Å². The molecule has 134 valence electrons. The third kappa shape index (κ3) is 4.08. The quantitative estimate of drug-likeness (QED) is 0.900. The summed E-state index contributed by atoms with van der Waals surface area (Å²) in [7, 11) is 3.82. The summed E-state index contributed by atoms with van der Waals surface area (Å²) in [5, 5.41) is 7.07. The van der Waals surface area contributed by atoms with Gasteiger partial charge in [-0.3, -0.25) is 19.3 Å². The molecule has 1 aliphatic heterocycles. The number of carbonyl (C=O) groups excluding carboxylic acids is 1. The van der Waals surface area contributed by atoms with E-state index in [1.165, 1.54) is 11.1 Å². The highest BCUT2D eigenvalue weighted by molar-refractivity contribution is 5.94. The molecule has 1 fully saturated rings. The van der Waals surface area contributed by atoms with Crippen molar-refractivity contribution < 1.29 is 4.79 Å². The van der Waals surface area contributed by atoms with Crippen molar-refractivity contribution in [2.75, 3.05) is 33.7 Å².